The minimum absolute atomic E-state index is 0.316. The molecule has 2 aromatic rings. The average Bonchev–Trinajstić information content (AvgIpc) is 2.62. The van der Waals surface area contributed by atoms with Crippen LogP contribution in [0.3, 0.4) is 0 Å². The van der Waals surface area contributed by atoms with Crippen molar-refractivity contribution in [3.05, 3.63) is 17.7 Å². The zero-order chi connectivity index (χ0) is 10.1. The zero-order valence-corrected chi connectivity index (χ0v) is 8.86. The fraction of sp³-hybridized carbons (Fsp3) is 0.444. The fourth-order valence-electron chi connectivity index (χ4n) is 1.36. The molecule has 4 nitrogen and oxygen atoms in total. The molecule has 14 heavy (non-hydrogen) atoms. The zero-order valence-electron chi connectivity index (χ0n) is 8.11. The topological polar surface area (TPSA) is 43.6 Å². The third-order valence-corrected chi connectivity index (χ3v) is 2.62. The summed E-state index contributed by atoms with van der Waals surface area (Å²) in [5.41, 5.74) is 1.62. The van der Waals surface area contributed by atoms with Crippen molar-refractivity contribution in [2.24, 2.45) is 0 Å². The van der Waals surface area contributed by atoms with Crippen LogP contribution in [-0.2, 0) is 0 Å². The van der Waals surface area contributed by atoms with Gasteiger partial charge in [0.2, 0.25) is 0 Å². The lowest BCUT2D eigenvalue weighted by atomic mass is 10.2. The molecule has 74 valence electrons. The molecule has 0 fully saturated rings. The number of halogens is 1. The van der Waals surface area contributed by atoms with Gasteiger partial charge in [0, 0.05) is 6.04 Å². The van der Waals surface area contributed by atoms with Crippen LogP contribution >= 0.6 is 11.6 Å². The number of hydrogen-bond donors (Lipinski definition) is 0. The first kappa shape index (κ1) is 9.40. The van der Waals surface area contributed by atoms with E-state index in [4.69, 9.17) is 11.6 Å². The molecule has 0 radical (unpaired) electrons. The maximum atomic E-state index is 5.99. The van der Waals surface area contributed by atoms with Crippen molar-refractivity contribution in [2.75, 3.05) is 0 Å². The van der Waals surface area contributed by atoms with Crippen molar-refractivity contribution in [3.8, 4) is 0 Å². The molecule has 0 aliphatic carbocycles. The summed E-state index contributed by atoms with van der Waals surface area (Å²) in [6.45, 7) is 4.20. The van der Waals surface area contributed by atoms with E-state index in [0.717, 1.165) is 17.5 Å². The highest BCUT2D eigenvalue weighted by atomic mass is 35.5. The maximum absolute atomic E-state index is 5.99. The van der Waals surface area contributed by atoms with Gasteiger partial charge in [-0.05, 0) is 13.3 Å². The smallest absolute Gasteiger partial charge is 0.158 e. The van der Waals surface area contributed by atoms with Crippen LogP contribution in [0, 0.1) is 0 Å². The quantitative estimate of drug-likeness (QED) is 0.716. The van der Waals surface area contributed by atoms with Crippen LogP contribution in [-0.4, -0.2) is 19.7 Å². The molecule has 0 aliphatic heterocycles. The van der Waals surface area contributed by atoms with Gasteiger partial charge >= 0.3 is 0 Å². The molecule has 0 bridgehead atoms. The van der Waals surface area contributed by atoms with Crippen molar-refractivity contribution in [3.63, 3.8) is 0 Å². The van der Waals surface area contributed by atoms with Gasteiger partial charge in [0.25, 0.3) is 0 Å². The molecule has 0 N–H and O–H groups in total. The summed E-state index contributed by atoms with van der Waals surface area (Å²) in [6.07, 6.45) is 4.17. The lowest BCUT2D eigenvalue weighted by molar-refractivity contribution is 0.493. The van der Waals surface area contributed by atoms with E-state index in [-0.39, 0.29) is 0 Å². The lowest BCUT2D eigenvalue weighted by Gasteiger charge is -2.10. The van der Waals surface area contributed by atoms with E-state index in [2.05, 4.69) is 28.9 Å². The first-order valence-corrected chi connectivity index (χ1v) is 4.95. The maximum Gasteiger partial charge on any atom is 0.158 e. The highest BCUT2D eigenvalue weighted by Crippen LogP contribution is 2.22. The van der Waals surface area contributed by atoms with Gasteiger partial charge < -0.3 is 0 Å². The van der Waals surface area contributed by atoms with E-state index >= 15 is 0 Å². The molecule has 1 unspecified atom stereocenters. The second kappa shape index (κ2) is 3.53. The van der Waals surface area contributed by atoms with Crippen LogP contribution in [0.4, 0.5) is 0 Å². The average molecular weight is 211 g/mol. The Labute approximate surface area is 86.9 Å². The summed E-state index contributed by atoms with van der Waals surface area (Å²) in [6, 6.07) is 0.316. The highest BCUT2D eigenvalue weighted by molar-refractivity contribution is 6.33. The number of rotatable bonds is 2. The molecule has 0 aliphatic rings. The van der Waals surface area contributed by atoms with Crippen molar-refractivity contribution in [1.29, 1.82) is 0 Å². The first-order valence-electron chi connectivity index (χ1n) is 4.57. The Kier molecular flexibility index (Phi) is 2.37. The third-order valence-electron chi connectivity index (χ3n) is 2.35. The Morgan fingerprint density at radius 2 is 2.29 bits per heavy atom. The predicted octanol–water partition coefficient (Wildman–Crippen LogP) is 2.45. The molecule has 0 saturated heterocycles. The molecular formula is C9H11ClN4. The number of aromatic nitrogens is 4. The summed E-state index contributed by atoms with van der Waals surface area (Å²) in [7, 11) is 0. The van der Waals surface area contributed by atoms with E-state index in [0.29, 0.717) is 11.2 Å². The molecule has 2 rings (SSSR count). The van der Waals surface area contributed by atoms with Gasteiger partial charge in [-0.1, -0.05) is 18.5 Å². The fourth-order valence-corrected chi connectivity index (χ4v) is 1.58. The highest BCUT2D eigenvalue weighted by Gasteiger charge is 2.12. The van der Waals surface area contributed by atoms with E-state index in [1.807, 2.05) is 4.68 Å². The SMILES string of the molecule is CCC(C)n1ncc2ncnc(Cl)c21. The van der Waals surface area contributed by atoms with E-state index in [9.17, 15) is 0 Å². The van der Waals surface area contributed by atoms with Gasteiger partial charge in [-0.15, -0.1) is 0 Å². The van der Waals surface area contributed by atoms with Crippen LogP contribution in [0.1, 0.15) is 26.3 Å². The summed E-state index contributed by atoms with van der Waals surface area (Å²) in [5, 5.41) is 4.72. The van der Waals surface area contributed by atoms with Gasteiger partial charge in [0.15, 0.2) is 5.15 Å². The normalized spacial score (nSPS) is 13.4. The number of hydrogen-bond acceptors (Lipinski definition) is 3. The molecule has 5 heteroatoms. The van der Waals surface area contributed by atoms with Crippen molar-refractivity contribution in [1.82, 2.24) is 19.7 Å². The first-order chi connectivity index (χ1) is 6.74. The van der Waals surface area contributed by atoms with Gasteiger partial charge in [-0.3, -0.25) is 4.68 Å². The second-order valence-electron chi connectivity index (χ2n) is 3.24. The van der Waals surface area contributed by atoms with Crippen LogP contribution in [0.2, 0.25) is 5.15 Å². The third kappa shape index (κ3) is 1.35. The number of nitrogens with zero attached hydrogens (tertiary/aromatic N) is 4. The van der Waals surface area contributed by atoms with Crippen LogP contribution < -0.4 is 0 Å². The van der Waals surface area contributed by atoms with Crippen LogP contribution in [0.5, 0.6) is 0 Å². The lowest BCUT2D eigenvalue weighted by Crippen LogP contribution is -2.05. The van der Waals surface area contributed by atoms with Gasteiger partial charge in [0.05, 0.1) is 6.20 Å². The minimum Gasteiger partial charge on any atom is -0.257 e. The van der Waals surface area contributed by atoms with Crippen molar-refractivity contribution >= 4 is 22.6 Å². The van der Waals surface area contributed by atoms with Gasteiger partial charge in [-0.25, -0.2) is 9.97 Å². The monoisotopic (exact) mass is 210 g/mol. The van der Waals surface area contributed by atoms with E-state index in [1.165, 1.54) is 6.33 Å². The molecular weight excluding hydrogens is 200 g/mol. The molecule has 1 atom stereocenters. The van der Waals surface area contributed by atoms with Gasteiger partial charge in [-0.2, -0.15) is 5.10 Å². The van der Waals surface area contributed by atoms with Crippen molar-refractivity contribution < 1.29 is 0 Å². The Bertz CT molecular complexity index is 451. The van der Waals surface area contributed by atoms with Gasteiger partial charge in [0.1, 0.15) is 17.4 Å². The van der Waals surface area contributed by atoms with Crippen LogP contribution in [0.15, 0.2) is 12.5 Å². The van der Waals surface area contributed by atoms with Crippen molar-refractivity contribution in [2.45, 2.75) is 26.3 Å². The molecule has 0 amide bonds. The summed E-state index contributed by atoms with van der Waals surface area (Å²) >= 11 is 5.99. The van der Waals surface area contributed by atoms with E-state index < -0.39 is 0 Å². The largest absolute Gasteiger partial charge is 0.257 e. The standard InChI is InChI=1S/C9H11ClN4/c1-3-6(2)14-8-7(4-13-14)11-5-12-9(8)10/h4-6H,3H2,1-2H3. The Hall–Kier alpha value is -1.16. The second-order valence-corrected chi connectivity index (χ2v) is 3.60. The number of fused-ring (bicyclic) bond motifs is 1. The minimum atomic E-state index is 0.316. The van der Waals surface area contributed by atoms with Crippen LogP contribution in [0.25, 0.3) is 11.0 Å². The Balaban J connectivity index is 2.67. The summed E-state index contributed by atoms with van der Waals surface area (Å²) in [4.78, 5) is 8.05. The summed E-state index contributed by atoms with van der Waals surface area (Å²) < 4.78 is 1.87. The predicted molar refractivity (Wildman–Crippen MR) is 55.3 cm³/mol. The molecule has 2 heterocycles. The van der Waals surface area contributed by atoms with E-state index in [1.54, 1.807) is 6.20 Å². The molecule has 0 saturated carbocycles. The summed E-state index contributed by atoms with van der Waals surface area (Å²) in [5.74, 6) is 0. The Morgan fingerprint density at radius 1 is 1.50 bits per heavy atom. The molecule has 0 spiro atoms. The Morgan fingerprint density at radius 3 is 3.00 bits per heavy atom. The molecule has 0 aromatic carbocycles. The molecule has 2 aromatic heterocycles.